The fraction of sp³-hybridized carbons (Fsp3) is 0.237. The molecule has 688 valence electrons. The lowest BCUT2D eigenvalue weighted by molar-refractivity contribution is -0.385. The van der Waals surface area contributed by atoms with Crippen molar-refractivity contribution in [3.63, 3.8) is 0 Å². The Morgan fingerprint density at radius 1 is 0.496 bits per heavy atom. The van der Waals surface area contributed by atoms with Gasteiger partial charge in [-0.15, -0.1) is 35.1 Å². The Labute approximate surface area is 776 Å². The maximum Gasteiger partial charge on any atom is 0.407 e. The Kier molecular flexibility index (Phi) is 37.1. The Bertz CT molecular complexity index is 6070. The number of amides is 5. The van der Waals surface area contributed by atoms with Crippen LogP contribution in [-0.4, -0.2) is 101 Å². The molecule has 4 heterocycles. The number of carbonyl (C=O) groups excluding carboxylic acids is 5. The van der Waals surface area contributed by atoms with Gasteiger partial charge in [-0.3, -0.25) is 34.9 Å². The predicted molar refractivity (Wildman–Crippen MR) is 507 cm³/mol. The molecular formula is C93H98BrClF5N15O13S2Si. The van der Waals surface area contributed by atoms with Gasteiger partial charge in [0.05, 0.1) is 32.3 Å². The molecule has 0 saturated carbocycles. The number of hydrogen-bond donors (Lipinski definition) is 8. The largest absolute Gasteiger partial charge is 0.444 e. The zero-order valence-electron chi connectivity index (χ0n) is 73.4. The normalized spacial score (nSPS) is 11.0. The fourth-order valence-electron chi connectivity index (χ4n) is 11.6. The lowest BCUT2D eigenvalue weighted by Crippen LogP contribution is -2.32. The quantitative estimate of drug-likeness (QED) is 0.00530. The minimum absolute atomic E-state index is 0. The smallest absolute Gasteiger partial charge is 0.407 e. The zero-order chi connectivity index (χ0) is 94.8. The second kappa shape index (κ2) is 47.2. The summed E-state index contributed by atoms with van der Waals surface area (Å²) in [6, 6.07) is 49.2. The summed E-state index contributed by atoms with van der Waals surface area (Å²) in [7, 11) is -1.16. The Morgan fingerprint density at radius 3 is 1.27 bits per heavy atom. The van der Waals surface area contributed by atoms with Gasteiger partial charge in [-0.2, -0.15) is 10.2 Å². The average Bonchev–Trinajstić information content (AvgIpc) is 1.41. The highest BCUT2D eigenvalue weighted by atomic mass is 79.9. The molecule has 0 spiro atoms. The fourth-order valence-corrected chi connectivity index (χ4v) is 14.4. The van der Waals surface area contributed by atoms with E-state index in [9.17, 15) is 66.2 Å². The van der Waals surface area contributed by atoms with E-state index in [4.69, 9.17) is 30.4 Å². The lowest BCUT2D eigenvalue weighted by Gasteiger charge is -2.19. The van der Waals surface area contributed by atoms with Gasteiger partial charge in [-0.25, -0.2) is 51.0 Å². The monoisotopic (exact) mass is 1930 g/mol. The number of ether oxygens (including phenoxy) is 4. The van der Waals surface area contributed by atoms with Crippen LogP contribution in [0.4, 0.5) is 64.8 Å². The molecule has 0 bridgehead atoms. The molecule has 0 aliphatic heterocycles. The van der Waals surface area contributed by atoms with Crippen molar-refractivity contribution in [1.82, 2.24) is 45.9 Å². The number of thiazole rings is 2. The third kappa shape index (κ3) is 33.5. The molecule has 9 aromatic carbocycles. The molecule has 13 rings (SSSR count). The van der Waals surface area contributed by atoms with E-state index in [0.717, 1.165) is 86.9 Å². The maximum atomic E-state index is 14.3. The van der Waals surface area contributed by atoms with Gasteiger partial charge in [-0.05, 0) is 208 Å². The number of halogens is 7. The summed E-state index contributed by atoms with van der Waals surface area (Å²) in [5.41, 5.74) is 21.4. The van der Waals surface area contributed by atoms with Gasteiger partial charge in [0, 0.05) is 121 Å². The van der Waals surface area contributed by atoms with Crippen LogP contribution in [0.25, 0.3) is 65.6 Å². The first kappa shape index (κ1) is 103. The van der Waals surface area contributed by atoms with Crippen molar-refractivity contribution in [3.8, 4) is 65.6 Å². The van der Waals surface area contributed by atoms with E-state index < -0.39 is 76.4 Å². The number of aromatic amines is 1. The zero-order valence-corrected chi connectivity index (χ0v) is 78.4. The van der Waals surface area contributed by atoms with Crippen molar-refractivity contribution in [2.45, 2.75) is 138 Å². The van der Waals surface area contributed by atoms with Crippen molar-refractivity contribution in [2.75, 3.05) is 23.0 Å². The van der Waals surface area contributed by atoms with Crippen molar-refractivity contribution in [1.29, 1.82) is 0 Å². The number of benzene rings is 9. The maximum absolute atomic E-state index is 14.3. The first-order valence-electron chi connectivity index (χ1n) is 40.2. The van der Waals surface area contributed by atoms with Crippen LogP contribution in [0.3, 0.4) is 0 Å². The number of nitrogens with one attached hydrogen (secondary N) is 6. The summed E-state index contributed by atoms with van der Waals surface area (Å²) >= 11 is 5.56. The molecule has 0 atom stereocenters. The summed E-state index contributed by atoms with van der Waals surface area (Å²) in [5, 5.41) is 50.7. The Hall–Kier alpha value is -13.4. The number of hydrogen-bond acceptors (Lipinski definition) is 21. The van der Waals surface area contributed by atoms with Gasteiger partial charge in [-0.1, -0.05) is 117 Å². The molecule has 131 heavy (non-hydrogen) atoms. The van der Waals surface area contributed by atoms with E-state index in [0.29, 0.717) is 81.3 Å². The van der Waals surface area contributed by atoms with E-state index in [1.165, 1.54) is 65.1 Å². The molecule has 38 heteroatoms. The Balaban J connectivity index is 0.000000212. The summed E-state index contributed by atoms with van der Waals surface area (Å²) in [6.45, 7) is 25.4. The Morgan fingerprint density at radius 2 is 0.870 bits per heavy atom. The number of carbonyl (C=O) groups is 5. The van der Waals surface area contributed by atoms with Crippen molar-refractivity contribution in [3.05, 3.63) is 311 Å². The average molecular weight is 1940 g/mol. The van der Waals surface area contributed by atoms with Gasteiger partial charge in [0.2, 0.25) is 0 Å². The number of nitro groups is 2. The molecule has 0 aliphatic rings. The number of rotatable bonds is 24. The number of nitro benzene ring substituents is 2. The third-order valence-corrected chi connectivity index (χ3v) is 22.0. The van der Waals surface area contributed by atoms with Gasteiger partial charge in [0.15, 0.2) is 0 Å². The topological polar surface area (TPSA) is 393 Å². The standard InChI is InChI=1S/C31H38FN5O4SSi.C20H16FN5OS.C18H19FN2O4.C18H21FN2O2.C6H3BrFNO2.ClH/c1-31(2,3)41-30(39)33-16-21-7-9-22(10-8-21)25-15-24(32)11-12-26(25)35-28(38)27-19-42-29(36-27)23-17-34-37(18-23)20-40-13-14-43(4,5)6;21-15-5-6-17(16(7-15)13-3-1-12(8-22)2-4-13)25-19(27)18-11-28-20(26-18)14-9-23-24-10-14;1-18(2,3)25-17(22)20-11-12-4-6-13(7-5-12)15-10-14(19)8-9-16(15)21(23)24;1-18(2,3)23-17(22)21-11-12-4-6-13(7-5-12)15-10-14(19)8-9-16(15)20;7-5-3-4(8)1-2-6(5)9(10)11;/h7-12,15,17-19H,13-14,16,20H2,1-6H3,(H,33,39)(H,35,38);1-7,9-11H,8,22H2,(H,23,24)(H,25,27);4-10H,11H2,1-3H3,(H,20,22);4-10H,11,20H2,1-3H3,(H,21,22);1-3H;1H. The molecule has 4 aromatic heterocycles. The number of alkyl carbamates (subject to hydrolysis) is 3. The van der Waals surface area contributed by atoms with Crippen LogP contribution in [0.5, 0.6) is 0 Å². The first-order valence-corrected chi connectivity index (χ1v) is 46.5. The van der Waals surface area contributed by atoms with Crippen LogP contribution in [0, 0.1) is 49.3 Å². The molecule has 5 amide bonds. The molecule has 0 fully saturated rings. The summed E-state index contributed by atoms with van der Waals surface area (Å²) in [4.78, 5) is 90.0. The van der Waals surface area contributed by atoms with E-state index in [1.807, 2.05) is 99.8 Å². The highest BCUT2D eigenvalue weighted by Crippen LogP contribution is 2.36. The number of nitrogen functional groups attached to an aromatic ring is 1. The van der Waals surface area contributed by atoms with E-state index in [2.05, 4.69) is 87.4 Å². The van der Waals surface area contributed by atoms with Crippen LogP contribution in [0.1, 0.15) is 106 Å². The van der Waals surface area contributed by atoms with E-state index in [1.54, 1.807) is 112 Å². The van der Waals surface area contributed by atoms with E-state index >= 15 is 0 Å². The van der Waals surface area contributed by atoms with Crippen LogP contribution >= 0.6 is 51.0 Å². The molecule has 0 saturated heterocycles. The van der Waals surface area contributed by atoms with E-state index in [-0.39, 0.29) is 75.8 Å². The van der Waals surface area contributed by atoms with Crippen molar-refractivity contribution < 1.29 is 74.7 Å². The number of aromatic nitrogens is 6. The number of nitrogens with two attached hydrogens (primary N) is 2. The van der Waals surface area contributed by atoms with Crippen molar-refractivity contribution in [2.24, 2.45) is 5.73 Å². The summed E-state index contributed by atoms with van der Waals surface area (Å²) < 4.78 is 90.4. The van der Waals surface area contributed by atoms with Crippen LogP contribution < -0.4 is 38.1 Å². The summed E-state index contributed by atoms with van der Waals surface area (Å²) in [6.07, 6.45) is 5.40. The highest BCUT2D eigenvalue weighted by molar-refractivity contribution is 9.10. The molecule has 13 aromatic rings. The second-order valence-corrected chi connectivity index (χ2v) is 41.2. The highest BCUT2D eigenvalue weighted by Gasteiger charge is 2.24. The molecule has 10 N–H and O–H groups in total. The molecule has 0 radical (unpaired) electrons. The molecular weight excluding hydrogens is 1840 g/mol. The number of nitrogens with zero attached hydrogens (tertiary/aromatic N) is 7. The molecule has 0 unspecified atom stereocenters. The number of H-pyrrole nitrogens is 1. The van der Waals surface area contributed by atoms with Crippen LogP contribution in [-0.2, 0) is 51.9 Å². The van der Waals surface area contributed by atoms with Gasteiger partial charge in [0.25, 0.3) is 23.2 Å². The SMILES string of the molecule is CC(C)(C)OC(=O)NCc1ccc(-c2cc(F)ccc2N)cc1.CC(C)(C)OC(=O)NCc1ccc(-c2cc(F)ccc2NC(=O)c2csc(-c3cnn(COCC[Si](C)(C)C)c3)n2)cc1.CC(C)(C)OC(=O)NCc1ccc(-c2cc(F)ccc2[N+](=O)[O-])cc1.Cl.NCc1ccc(-c2cc(F)ccc2NC(=O)c2csc(-c3cn[nH]c3)n2)cc1.O=[N+]([O-])c1ccc(F)cc1Br. The number of anilines is 3. The summed E-state index contributed by atoms with van der Waals surface area (Å²) in [5.74, 6) is -2.95. The molecule has 28 nitrogen and oxygen atoms in total. The van der Waals surface area contributed by atoms with Gasteiger partial charge >= 0.3 is 18.3 Å². The van der Waals surface area contributed by atoms with Gasteiger partial charge < -0.3 is 57.0 Å². The second-order valence-electron chi connectivity index (χ2n) is 33.0. The minimum Gasteiger partial charge on any atom is -0.444 e. The lowest BCUT2D eigenvalue weighted by atomic mass is 10.0. The molecule has 0 aliphatic carbocycles. The van der Waals surface area contributed by atoms with Crippen molar-refractivity contribution >= 4 is 118 Å². The van der Waals surface area contributed by atoms with Crippen LogP contribution in [0.2, 0.25) is 25.7 Å². The predicted octanol–water partition coefficient (Wildman–Crippen LogP) is 22.9. The van der Waals surface area contributed by atoms with Gasteiger partial charge in [0.1, 0.15) is 74.0 Å². The third-order valence-electron chi connectivity index (χ3n) is 17.9. The van der Waals surface area contributed by atoms with Crippen LogP contribution in [0.15, 0.2) is 228 Å². The minimum atomic E-state index is -1.16. The first-order chi connectivity index (χ1) is 61.4.